The van der Waals surface area contributed by atoms with Gasteiger partial charge in [0.25, 0.3) is 0 Å². The maximum absolute atomic E-state index is 12.6. The van der Waals surface area contributed by atoms with E-state index in [1.807, 2.05) is 6.07 Å². The zero-order chi connectivity index (χ0) is 17.8. The average Bonchev–Trinajstić information content (AvgIpc) is 3.13. The van der Waals surface area contributed by atoms with E-state index in [1.54, 1.807) is 50.6 Å². The molecule has 130 valence electrons. The Morgan fingerprint density at radius 2 is 1.92 bits per heavy atom. The van der Waals surface area contributed by atoms with Crippen molar-refractivity contribution in [1.82, 2.24) is 5.01 Å². The number of carbonyl (C=O) groups excluding carboxylic acids is 1. The number of carbonyl (C=O) groups is 1. The molecule has 1 heterocycles. The van der Waals surface area contributed by atoms with Gasteiger partial charge >= 0.3 is 0 Å². The summed E-state index contributed by atoms with van der Waals surface area (Å²) in [5, 5.41) is 15.3. The van der Waals surface area contributed by atoms with Crippen LogP contribution in [0.1, 0.15) is 17.5 Å². The van der Waals surface area contributed by atoms with Gasteiger partial charge in [0.05, 0.1) is 32.9 Å². The fourth-order valence-corrected chi connectivity index (χ4v) is 2.75. The van der Waals surface area contributed by atoms with Crippen molar-refractivity contribution in [3.05, 3.63) is 53.6 Å². The summed E-state index contributed by atoms with van der Waals surface area (Å²) in [6.45, 7) is 0.549. The number of aromatic hydroxyl groups is 1. The van der Waals surface area contributed by atoms with Crippen molar-refractivity contribution in [2.24, 2.45) is 5.10 Å². The van der Waals surface area contributed by atoms with Gasteiger partial charge < -0.3 is 14.6 Å². The van der Waals surface area contributed by atoms with Crippen LogP contribution in [0.25, 0.3) is 0 Å². The van der Waals surface area contributed by atoms with E-state index in [1.165, 1.54) is 5.01 Å². The Bertz CT molecular complexity index is 800. The van der Waals surface area contributed by atoms with Gasteiger partial charge in [-0.1, -0.05) is 6.07 Å². The Morgan fingerprint density at radius 1 is 1.16 bits per heavy atom. The second-order valence-corrected chi connectivity index (χ2v) is 5.72. The van der Waals surface area contributed by atoms with Crippen molar-refractivity contribution in [3.63, 3.8) is 0 Å². The van der Waals surface area contributed by atoms with Crippen molar-refractivity contribution in [1.29, 1.82) is 0 Å². The maximum Gasteiger partial charge on any atom is 0.247 e. The molecule has 1 N–H and O–H groups in total. The van der Waals surface area contributed by atoms with Crippen molar-refractivity contribution >= 4 is 11.6 Å². The van der Waals surface area contributed by atoms with E-state index in [-0.39, 0.29) is 18.1 Å². The highest BCUT2D eigenvalue weighted by Gasteiger charge is 2.22. The third-order valence-electron chi connectivity index (χ3n) is 4.13. The van der Waals surface area contributed by atoms with Crippen molar-refractivity contribution in [3.8, 4) is 17.2 Å². The normalized spacial score (nSPS) is 13.5. The number of rotatable bonds is 5. The summed E-state index contributed by atoms with van der Waals surface area (Å²) in [5.74, 6) is 1.43. The first kappa shape index (κ1) is 16.8. The molecule has 6 nitrogen and oxygen atoms in total. The summed E-state index contributed by atoms with van der Waals surface area (Å²) in [4.78, 5) is 12.6. The lowest BCUT2D eigenvalue weighted by Gasteiger charge is -2.14. The summed E-state index contributed by atoms with van der Waals surface area (Å²) in [5.41, 5.74) is 2.55. The number of methoxy groups -OCH3 is 2. The molecular formula is C19H20N2O4. The number of hydrogen-bond donors (Lipinski definition) is 1. The molecule has 0 fully saturated rings. The summed E-state index contributed by atoms with van der Waals surface area (Å²) in [6.07, 6.45) is 0.899. The minimum absolute atomic E-state index is 0.0859. The fraction of sp³-hybridized carbons (Fsp3) is 0.263. The van der Waals surface area contributed by atoms with Crippen LogP contribution in [0, 0.1) is 0 Å². The van der Waals surface area contributed by atoms with Gasteiger partial charge in [-0.3, -0.25) is 4.79 Å². The number of phenolic OH excluding ortho intramolecular Hbond substituents is 1. The molecule has 1 aliphatic rings. The Morgan fingerprint density at radius 3 is 2.60 bits per heavy atom. The van der Waals surface area contributed by atoms with Gasteiger partial charge in [0.1, 0.15) is 17.2 Å². The molecule has 25 heavy (non-hydrogen) atoms. The fourth-order valence-electron chi connectivity index (χ4n) is 2.75. The molecule has 0 radical (unpaired) electrons. The van der Waals surface area contributed by atoms with Gasteiger partial charge in [0, 0.05) is 18.1 Å². The van der Waals surface area contributed by atoms with E-state index in [4.69, 9.17) is 9.47 Å². The number of benzene rings is 2. The highest BCUT2D eigenvalue weighted by molar-refractivity contribution is 6.02. The van der Waals surface area contributed by atoms with Crippen LogP contribution in [0.2, 0.25) is 0 Å². The number of amides is 1. The first-order chi connectivity index (χ1) is 12.1. The molecule has 0 aliphatic carbocycles. The van der Waals surface area contributed by atoms with Crippen molar-refractivity contribution in [2.45, 2.75) is 12.8 Å². The van der Waals surface area contributed by atoms with E-state index in [0.717, 1.165) is 16.8 Å². The zero-order valence-corrected chi connectivity index (χ0v) is 14.2. The Kier molecular flexibility index (Phi) is 4.88. The Balaban J connectivity index is 1.73. The molecule has 0 unspecified atom stereocenters. The molecule has 1 aliphatic heterocycles. The summed E-state index contributed by atoms with van der Waals surface area (Å²) < 4.78 is 10.5. The van der Waals surface area contributed by atoms with E-state index >= 15 is 0 Å². The number of hydrogen-bond acceptors (Lipinski definition) is 5. The van der Waals surface area contributed by atoms with Gasteiger partial charge in [-0.15, -0.1) is 0 Å². The van der Waals surface area contributed by atoms with Gasteiger partial charge in [-0.25, -0.2) is 5.01 Å². The van der Waals surface area contributed by atoms with Crippen LogP contribution in [-0.4, -0.2) is 42.5 Å². The average molecular weight is 340 g/mol. The molecule has 0 saturated heterocycles. The summed E-state index contributed by atoms with van der Waals surface area (Å²) >= 11 is 0. The monoisotopic (exact) mass is 340 g/mol. The lowest BCUT2D eigenvalue weighted by atomic mass is 10.1. The predicted molar refractivity (Wildman–Crippen MR) is 94.2 cm³/mol. The van der Waals surface area contributed by atoms with Crippen LogP contribution in [-0.2, 0) is 11.2 Å². The van der Waals surface area contributed by atoms with Crippen LogP contribution < -0.4 is 9.47 Å². The van der Waals surface area contributed by atoms with Crippen LogP contribution in [0.4, 0.5) is 0 Å². The highest BCUT2D eigenvalue weighted by atomic mass is 16.5. The van der Waals surface area contributed by atoms with Gasteiger partial charge in [-0.2, -0.15) is 5.10 Å². The molecular weight excluding hydrogens is 320 g/mol. The summed E-state index contributed by atoms with van der Waals surface area (Å²) in [7, 11) is 3.16. The molecule has 0 aromatic heterocycles. The Hall–Kier alpha value is -3.02. The molecule has 3 rings (SSSR count). The molecule has 0 saturated carbocycles. The standard InChI is InChI=1S/C19H20N2O4/c1-24-16-8-5-14(18(12-16)25-2)11-19(23)21-10-9-17(20-21)13-3-6-15(22)7-4-13/h3-8,12,22H,9-11H2,1-2H3. The first-order valence-corrected chi connectivity index (χ1v) is 7.99. The SMILES string of the molecule is COc1ccc(CC(=O)N2CCC(c3ccc(O)cc3)=N2)c(OC)c1. The minimum Gasteiger partial charge on any atom is -0.508 e. The second-order valence-electron chi connectivity index (χ2n) is 5.72. The van der Waals surface area contributed by atoms with E-state index in [0.29, 0.717) is 24.5 Å². The van der Waals surface area contributed by atoms with Gasteiger partial charge in [0.2, 0.25) is 5.91 Å². The minimum atomic E-state index is -0.0859. The van der Waals surface area contributed by atoms with Crippen LogP contribution in [0.5, 0.6) is 17.2 Å². The van der Waals surface area contributed by atoms with Crippen LogP contribution >= 0.6 is 0 Å². The highest BCUT2D eigenvalue weighted by Crippen LogP contribution is 2.26. The van der Waals surface area contributed by atoms with Gasteiger partial charge in [-0.05, 0) is 35.9 Å². The third-order valence-corrected chi connectivity index (χ3v) is 4.13. The number of nitrogens with zero attached hydrogens (tertiary/aromatic N) is 2. The lowest BCUT2D eigenvalue weighted by Crippen LogP contribution is -2.25. The smallest absolute Gasteiger partial charge is 0.247 e. The molecule has 6 heteroatoms. The van der Waals surface area contributed by atoms with E-state index in [2.05, 4.69) is 5.10 Å². The maximum atomic E-state index is 12.6. The van der Waals surface area contributed by atoms with Crippen LogP contribution in [0.3, 0.4) is 0 Å². The van der Waals surface area contributed by atoms with E-state index < -0.39 is 0 Å². The van der Waals surface area contributed by atoms with Crippen LogP contribution in [0.15, 0.2) is 47.6 Å². The molecule has 0 bridgehead atoms. The number of phenols is 1. The molecule has 2 aromatic rings. The predicted octanol–water partition coefficient (Wildman–Crippen LogP) is 2.59. The third kappa shape index (κ3) is 3.74. The largest absolute Gasteiger partial charge is 0.508 e. The quantitative estimate of drug-likeness (QED) is 0.908. The first-order valence-electron chi connectivity index (χ1n) is 7.99. The second kappa shape index (κ2) is 7.25. The molecule has 0 atom stereocenters. The Labute approximate surface area is 146 Å². The molecule has 1 amide bonds. The zero-order valence-electron chi connectivity index (χ0n) is 14.2. The number of ether oxygens (including phenoxy) is 2. The molecule has 0 spiro atoms. The topological polar surface area (TPSA) is 71.4 Å². The van der Waals surface area contributed by atoms with E-state index in [9.17, 15) is 9.90 Å². The molecule has 2 aromatic carbocycles. The summed E-state index contributed by atoms with van der Waals surface area (Å²) in [6, 6.07) is 12.2. The lowest BCUT2D eigenvalue weighted by molar-refractivity contribution is -0.130. The van der Waals surface area contributed by atoms with Crippen molar-refractivity contribution in [2.75, 3.05) is 20.8 Å². The number of hydrazone groups is 1. The van der Waals surface area contributed by atoms with Crippen molar-refractivity contribution < 1.29 is 19.4 Å². The van der Waals surface area contributed by atoms with Gasteiger partial charge in [0.15, 0.2) is 0 Å².